The van der Waals surface area contributed by atoms with Gasteiger partial charge in [-0.15, -0.1) is 0 Å². The first-order valence-electron chi connectivity index (χ1n) is 36.5. The highest BCUT2D eigenvalue weighted by molar-refractivity contribution is 6.45. The highest BCUT2D eigenvalue weighted by Crippen LogP contribution is 2.59. The molecule has 0 aromatic heterocycles. The van der Waals surface area contributed by atoms with Crippen LogP contribution in [-0.4, -0.2) is 120 Å². The molecule has 0 radical (unpaired) electrons. The van der Waals surface area contributed by atoms with Crippen molar-refractivity contribution in [1.29, 1.82) is 0 Å². The van der Waals surface area contributed by atoms with E-state index in [2.05, 4.69) is 23.8 Å². The van der Waals surface area contributed by atoms with Crippen molar-refractivity contribution >= 4 is 90.5 Å². The Bertz CT molecular complexity index is 4560. The van der Waals surface area contributed by atoms with Crippen molar-refractivity contribution in [3.63, 3.8) is 0 Å². The smallest absolute Gasteiger partial charge is 0.330 e. The Balaban J connectivity index is 1.14. The first kappa shape index (κ1) is 73.4. The highest BCUT2D eigenvalue weighted by atomic mass is 16.5. The van der Waals surface area contributed by atoms with Crippen LogP contribution in [-0.2, 0) is 38.1 Å². The molecular formula is C86H88N4O16. The highest BCUT2D eigenvalue weighted by Gasteiger charge is 2.47. The molecule has 4 aliphatic rings. The molecule has 9 aromatic carbocycles. The fourth-order valence-electron chi connectivity index (χ4n) is 15.8. The number of aryl methyl sites for hydroxylation is 8. The molecule has 20 nitrogen and oxygen atoms in total. The van der Waals surface area contributed by atoms with Crippen LogP contribution in [0.5, 0.6) is 46.0 Å². The van der Waals surface area contributed by atoms with Gasteiger partial charge < -0.3 is 48.5 Å². The summed E-state index contributed by atoms with van der Waals surface area (Å²) in [6.07, 6.45) is 4.95. The predicted octanol–water partition coefficient (Wildman–Crippen LogP) is 16.5. The summed E-state index contributed by atoms with van der Waals surface area (Å²) in [6, 6.07) is 25.1. The van der Waals surface area contributed by atoms with Crippen LogP contribution in [0.15, 0.2) is 122 Å². The Morgan fingerprint density at radius 3 is 0.972 bits per heavy atom. The van der Waals surface area contributed by atoms with Crippen molar-refractivity contribution in [2.24, 2.45) is 0 Å². The quantitative estimate of drug-likeness (QED) is 0.0128. The van der Waals surface area contributed by atoms with Gasteiger partial charge >= 0.3 is 11.9 Å². The number of carbonyl (C=O) groups is 8. The fraction of sp³-hybridized carbons (Fsp3) is 0.349. The van der Waals surface area contributed by atoms with Gasteiger partial charge in [-0.25, -0.2) is 9.59 Å². The molecule has 0 saturated heterocycles. The lowest BCUT2D eigenvalue weighted by molar-refractivity contribution is -0.146. The molecule has 2 aliphatic carbocycles. The average molecular weight is 1430 g/mol. The zero-order chi connectivity index (χ0) is 75.1. The summed E-state index contributed by atoms with van der Waals surface area (Å²) in [6.45, 7) is 26.7. The minimum absolute atomic E-state index is 0.0163. The summed E-state index contributed by atoms with van der Waals surface area (Å²) in [5.41, 5.74) is 6.56. The molecule has 2 heterocycles. The molecule has 0 bridgehead atoms. The number of ether oxygens (including phenoxy) is 8. The van der Waals surface area contributed by atoms with Crippen LogP contribution in [0.3, 0.4) is 0 Å². The first-order valence-corrected chi connectivity index (χ1v) is 36.5. The molecule has 2 fully saturated rings. The third-order valence-electron chi connectivity index (χ3n) is 20.7. The van der Waals surface area contributed by atoms with E-state index in [1.807, 2.05) is 128 Å². The Hall–Kier alpha value is -11.0. The van der Waals surface area contributed by atoms with Crippen LogP contribution in [0.1, 0.15) is 164 Å². The molecule has 548 valence electrons. The average Bonchev–Trinajstić information content (AvgIpc) is 0.670. The summed E-state index contributed by atoms with van der Waals surface area (Å²) in [5.74, 6) is -3.88. The van der Waals surface area contributed by atoms with Crippen molar-refractivity contribution in [3.8, 4) is 46.0 Å². The van der Waals surface area contributed by atoms with Gasteiger partial charge in [-0.05, 0) is 179 Å². The minimum Gasteiger partial charge on any atom is -0.459 e. The SMILES string of the molecule is C=CC(=O)OC1CCCC(NC(=O)C(CCOCC)N2C(=O)c3cc(Oc4ccc(C)cc4C)c4c5c(Oc6ccc(C)cc6C)cc6c7c(cc(Oc8ccc(C)cc8C)c(c8c(Oc9ccc(C)cc9C)cc(c3c48)C2=O)c75)C(=O)N(C(CCOCC)C(=O)NC2CCCC(OC(=O)C=C)C2)C6=O)C1. The van der Waals surface area contributed by atoms with E-state index in [4.69, 9.17) is 37.9 Å². The van der Waals surface area contributed by atoms with E-state index in [1.165, 1.54) is 0 Å². The number of nitrogens with one attached hydrogen (secondary N) is 2. The van der Waals surface area contributed by atoms with Gasteiger partial charge in [-0.1, -0.05) is 83.9 Å². The summed E-state index contributed by atoms with van der Waals surface area (Å²) >= 11 is 0. The number of carbonyl (C=O) groups excluding carboxylic acids is 8. The number of hydrogen-bond donors (Lipinski definition) is 2. The van der Waals surface area contributed by atoms with Gasteiger partial charge in [0.25, 0.3) is 23.6 Å². The van der Waals surface area contributed by atoms with Crippen molar-refractivity contribution in [3.05, 3.63) is 189 Å². The Morgan fingerprint density at radius 2 is 0.708 bits per heavy atom. The van der Waals surface area contributed by atoms with Gasteiger partial charge in [0.1, 0.15) is 70.3 Å². The minimum atomic E-state index is -1.45. The van der Waals surface area contributed by atoms with Gasteiger partial charge in [0.15, 0.2) is 0 Å². The number of hydrogen-bond acceptors (Lipinski definition) is 16. The number of imide groups is 2. The van der Waals surface area contributed by atoms with Crippen LogP contribution in [0.4, 0.5) is 0 Å². The topological polar surface area (TPSA) is 241 Å². The standard InChI is InChI=1S/C86H88N4O16/c1-13-71(91)101-55-21-17-19-53(39-55)87-81(93)61(31-33-99-15-3)89-83(95)57-41-67(103-63-27-23-45(5)35-49(63)9)75-77-69(105-65-29-25-47(7)37-51(65)11)43-59-74-60(86(98)90(85(59)97)62(32-34-100-16-4)82(94)88-54-20-18-22-56(40-54)102-72(92)14-2)44-70(106-66-30-26-48(8)38-52(66)12)78(80(74)77)76-68(42-58(84(89)96)73(57)79(75)76)104-64-28-24-46(6)36-50(64)10/h13-14,23-30,35-38,41-44,53-56,61-62H,1-2,15-22,31-34,39-40H2,3-12H3,(H,87,93)(H,88,94). The zero-order valence-corrected chi connectivity index (χ0v) is 61.6. The molecule has 2 aliphatic heterocycles. The summed E-state index contributed by atoms with van der Waals surface area (Å²) in [7, 11) is 0. The largest absolute Gasteiger partial charge is 0.459 e. The molecule has 0 spiro atoms. The van der Waals surface area contributed by atoms with E-state index < -0.39 is 83.8 Å². The maximum Gasteiger partial charge on any atom is 0.330 e. The second-order valence-corrected chi connectivity index (χ2v) is 28.4. The lowest BCUT2D eigenvalue weighted by Crippen LogP contribution is -2.56. The molecular weight excluding hydrogens is 1340 g/mol. The van der Waals surface area contributed by atoms with Gasteiger partial charge in [0.05, 0.1) is 22.3 Å². The van der Waals surface area contributed by atoms with E-state index in [9.17, 15) is 9.59 Å². The van der Waals surface area contributed by atoms with Crippen molar-refractivity contribution in [1.82, 2.24) is 20.4 Å². The third-order valence-corrected chi connectivity index (χ3v) is 20.7. The van der Waals surface area contributed by atoms with Gasteiger partial charge in [-0.2, -0.15) is 0 Å². The van der Waals surface area contributed by atoms with Gasteiger partial charge in [0, 0.05) is 119 Å². The van der Waals surface area contributed by atoms with Gasteiger partial charge in [0.2, 0.25) is 11.8 Å². The summed E-state index contributed by atoms with van der Waals surface area (Å²) in [4.78, 5) is 124. The lowest BCUT2D eigenvalue weighted by Gasteiger charge is -2.37. The predicted molar refractivity (Wildman–Crippen MR) is 403 cm³/mol. The number of esters is 2. The van der Waals surface area contributed by atoms with Gasteiger partial charge in [-0.3, -0.25) is 38.6 Å². The van der Waals surface area contributed by atoms with Crippen molar-refractivity contribution in [2.45, 2.75) is 170 Å². The van der Waals surface area contributed by atoms with E-state index >= 15 is 28.8 Å². The monoisotopic (exact) mass is 1430 g/mol. The molecule has 6 amide bonds. The molecule has 2 saturated carbocycles. The fourth-order valence-corrected chi connectivity index (χ4v) is 15.8. The van der Waals surface area contributed by atoms with Crippen LogP contribution < -0.4 is 29.6 Å². The Labute approximate surface area is 615 Å². The number of amides is 6. The molecule has 2 N–H and O–H groups in total. The third kappa shape index (κ3) is 14.3. The maximum atomic E-state index is 16.5. The van der Waals surface area contributed by atoms with Crippen LogP contribution in [0, 0.1) is 55.4 Å². The molecule has 6 unspecified atom stereocenters. The van der Waals surface area contributed by atoms with E-state index in [1.54, 1.807) is 38.1 Å². The van der Waals surface area contributed by atoms with Crippen molar-refractivity contribution in [2.75, 3.05) is 26.4 Å². The molecule has 6 atom stereocenters. The molecule has 106 heavy (non-hydrogen) atoms. The van der Waals surface area contributed by atoms with Crippen molar-refractivity contribution < 1.29 is 76.3 Å². The normalized spacial score (nSPS) is 17.7. The Kier molecular flexibility index (Phi) is 21.2. The van der Waals surface area contributed by atoms with E-state index in [0.717, 1.165) is 66.5 Å². The van der Waals surface area contributed by atoms with Crippen LogP contribution in [0.25, 0.3) is 43.1 Å². The Morgan fingerprint density at radius 1 is 0.415 bits per heavy atom. The lowest BCUT2D eigenvalue weighted by atomic mass is 9.80. The van der Waals surface area contributed by atoms with Crippen LogP contribution >= 0.6 is 0 Å². The summed E-state index contributed by atoms with van der Waals surface area (Å²) < 4.78 is 52.7. The maximum absolute atomic E-state index is 16.5. The number of rotatable bonds is 26. The number of nitrogens with zero attached hydrogens (tertiary/aromatic N) is 2. The zero-order valence-electron chi connectivity index (χ0n) is 61.6. The number of fused-ring (bicyclic) bond motifs is 2. The second kappa shape index (κ2) is 30.6. The first-order chi connectivity index (χ1) is 51.0. The van der Waals surface area contributed by atoms with E-state index in [0.29, 0.717) is 61.5 Å². The van der Waals surface area contributed by atoms with E-state index in [-0.39, 0.29) is 140 Å². The van der Waals surface area contributed by atoms with Crippen LogP contribution in [0.2, 0.25) is 0 Å². The molecule has 9 aromatic rings. The summed E-state index contributed by atoms with van der Waals surface area (Å²) in [5, 5.41) is 8.25. The molecule has 20 heteroatoms. The number of benzene rings is 9. The molecule has 13 rings (SSSR count). The second-order valence-electron chi connectivity index (χ2n) is 28.4.